The maximum Gasteiger partial charge on any atom is 0.303 e. The molecule has 2 N–H and O–H groups in total. The van der Waals surface area contributed by atoms with Crippen molar-refractivity contribution in [2.45, 2.75) is 26.7 Å². The summed E-state index contributed by atoms with van der Waals surface area (Å²) >= 11 is 0. The number of carboxylic acids is 1. The molecular formula is C14H18FNO4. The van der Waals surface area contributed by atoms with Crippen molar-refractivity contribution in [2.24, 2.45) is 5.41 Å². The van der Waals surface area contributed by atoms with Gasteiger partial charge in [0.1, 0.15) is 11.6 Å². The van der Waals surface area contributed by atoms with Crippen molar-refractivity contribution in [1.29, 1.82) is 0 Å². The normalized spacial score (nSPS) is 11.0. The maximum absolute atomic E-state index is 13.2. The van der Waals surface area contributed by atoms with Crippen molar-refractivity contribution >= 4 is 17.6 Å². The van der Waals surface area contributed by atoms with Crippen molar-refractivity contribution in [3.63, 3.8) is 0 Å². The van der Waals surface area contributed by atoms with E-state index in [-0.39, 0.29) is 24.4 Å². The molecule has 1 aromatic carbocycles. The highest BCUT2D eigenvalue weighted by molar-refractivity contribution is 5.92. The van der Waals surface area contributed by atoms with Crippen LogP contribution in [0.5, 0.6) is 5.75 Å². The highest BCUT2D eigenvalue weighted by Gasteiger charge is 2.25. The Kier molecular flexibility index (Phi) is 5.07. The van der Waals surface area contributed by atoms with E-state index in [1.165, 1.54) is 19.2 Å². The minimum absolute atomic E-state index is 0.0129. The summed E-state index contributed by atoms with van der Waals surface area (Å²) in [6.45, 7) is 3.37. The van der Waals surface area contributed by atoms with E-state index in [1.807, 2.05) is 0 Å². The van der Waals surface area contributed by atoms with Crippen LogP contribution in [0.1, 0.15) is 26.7 Å². The van der Waals surface area contributed by atoms with Crippen LogP contribution in [0, 0.1) is 11.2 Å². The first-order valence-corrected chi connectivity index (χ1v) is 6.09. The second-order valence-electron chi connectivity index (χ2n) is 5.30. The zero-order valence-electron chi connectivity index (χ0n) is 11.7. The highest BCUT2D eigenvalue weighted by atomic mass is 19.1. The van der Waals surface area contributed by atoms with Gasteiger partial charge in [0.2, 0.25) is 5.91 Å². The van der Waals surface area contributed by atoms with Crippen LogP contribution in [0.25, 0.3) is 0 Å². The molecule has 6 heteroatoms. The highest BCUT2D eigenvalue weighted by Crippen LogP contribution is 2.28. The predicted octanol–water partition coefficient (Wildman–Crippen LogP) is 2.66. The van der Waals surface area contributed by atoms with E-state index in [2.05, 4.69) is 5.32 Å². The van der Waals surface area contributed by atoms with Gasteiger partial charge in [-0.3, -0.25) is 9.59 Å². The number of nitrogens with one attached hydrogen (secondary N) is 1. The van der Waals surface area contributed by atoms with Crippen LogP contribution in [-0.2, 0) is 9.59 Å². The number of ether oxygens (including phenoxy) is 1. The molecule has 0 aliphatic carbocycles. The first-order valence-electron chi connectivity index (χ1n) is 6.09. The van der Waals surface area contributed by atoms with Crippen LogP contribution in [0.3, 0.4) is 0 Å². The average Bonchev–Trinajstić information content (AvgIpc) is 2.26. The van der Waals surface area contributed by atoms with Crippen molar-refractivity contribution in [2.75, 3.05) is 12.4 Å². The van der Waals surface area contributed by atoms with Gasteiger partial charge in [0.15, 0.2) is 0 Å². The van der Waals surface area contributed by atoms with Gasteiger partial charge >= 0.3 is 5.97 Å². The minimum Gasteiger partial charge on any atom is -0.495 e. The Hall–Kier alpha value is -2.11. The second kappa shape index (κ2) is 6.36. The summed E-state index contributed by atoms with van der Waals surface area (Å²) in [5.74, 6) is -1.51. The number of amides is 1. The summed E-state index contributed by atoms with van der Waals surface area (Å²) in [4.78, 5) is 22.6. The lowest BCUT2D eigenvalue weighted by molar-refractivity contribution is -0.139. The Balaban J connectivity index is 2.76. The number of hydrogen-bond donors (Lipinski definition) is 2. The zero-order valence-corrected chi connectivity index (χ0v) is 11.7. The third-order valence-electron chi connectivity index (χ3n) is 2.70. The van der Waals surface area contributed by atoms with Crippen molar-refractivity contribution in [3.8, 4) is 5.75 Å². The van der Waals surface area contributed by atoms with Gasteiger partial charge < -0.3 is 15.2 Å². The number of carbonyl (C=O) groups is 2. The number of rotatable bonds is 6. The van der Waals surface area contributed by atoms with E-state index in [4.69, 9.17) is 9.84 Å². The first-order chi connectivity index (χ1) is 9.23. The number of anilines is 1. The summed E-state index contributed by atoms with van der Waals surface area (Å²) in [6, 6.07) is 3.79. The van der Waals surface area contributed by atoms with Gasteiger partial charge in [-0.15, -0.1) is 0 Å². The summed E-state index contributed by atoms with van der Waals surface area (Å²) in [5.41, 5.74) is -0.458. The molecule has 20 heavy (non-hydrogen) atoms. The number of methoxy groups -OCH3 is 1. The topological polar surface area (TPSA) is 75.6 Å². The van der Waals surface area contributed by atoms with Gasteiger partial charge in [-0.2, -0.15) is 0 Å². The molecule has 0 saturated carbocycles. The molecule has 0 saturated heterocycles. The first kappa shape index (κ1) is 15.9. The maximum atomic E-state index is 13.2. The number of benzene rings is 1. The van der Waals surface area contributed by atoms with Crippen molar-refractivity contribution in [3.05, 3.63) is 24.0 Å². The third-order valence-corrected chi connectivity index (χ3v) is 2.70. The Morgan fingerprint density at radius 2 is 2.00 bits per heavy atom. The molecular weight excluding hydrogens is 265 g/mol. The van der Waals surface area contributed by atoms with Crippen LogP contribution in [0.15, 0.2) is 18.2 Å². The van der Waals surface area contributed by atoms with Crippen LogP contribution in [0.4, 0.5) is 10.1 Å². The van der Waals surface area contributed by atoms with E-state index in [0.717, 1.165) is 6.07 Å². The lowest BCUT2D eigenvalue weighted by atomic mass is 9.85. The van der Waals surface area contributed by atoms with E-state index < -0.39 is 17.2 Å². The Morgan fingerprint density at radius 3 is 2.55 bits per heavy atom. The molecule has 1 rings (SSSR count). The summed E-state index contributed by atoms with van der Waals surface area (Å²) in [6.07, 6.45) is -0.111. The quantitative estimate of drug-likeness (QED) is 0.841. The molecule has 0 aliphatic rings. The molecule has 1 amide bonds. The molecule has 0 radical (unpaired) electrons. The number of aliphatic carboxylic acids is 1. The van der Waals surface area contributed by atoms with Gasteiger partial charge in [-0.25, -0.2) is 4.39 Å². The molecule has 0 spiro atoms. The molecule has 110 valence electrons. The zero-order chi connectivity index (χ0) is 15.3. The largest absolute Gasteiger partial charge is 0.495 e. The summed E-state index contributed by atoms with van der Waals surface area (Å²) in [7, 11) is 1.41. The molecule has 0 aliphatic heterocycles. The molecule has 0 aromatic heterocycles. The molecule has 0 heterocycles. The molecule has 0 atom stereocenters. The van der Waals surface area contributed by atoms with Gasteiger partial charge in [0.05, 0.1) is 19.2 Å². The molecule has 1 aromatic rings. The molecule has 0 unspecified atom stereocenters. The van der Waals surface area contributed by atoms with Gasteiger partial charge in [0, 0.05) is 12.5 Å². The van der Waals surface area contributed by atoms with Gasteiger partial charge in [0.25, 0.3) is 0 Å². The predicted molar refractivity (Wildman–Crippen MR) is 72.2 cm³/mol. The number of carboxylic acid groups (broad SMARTS) is 1. The number of carbonyl (C=O) groups excluding carboxylic acids is 1. The number of halogens is 1. The Morgan fingerprint density at radius 1 is 1.35 bits per heavy atom. The van der Waals surface area contributed by atoms with Crippen LogP contribution in [-0.4, -0.2) is 24.1 Å². The summed E-state index contributed by atoms with van der Waals surface area (Å²) in [5, 5.41) is 11.3. The fourth-order valence-corrected chi connectivity index (χ4v) is 1.88. The monoisotopic (exact) mass is 283 g/mol. The van der Waals surface area contributed by atoms with Crippen LogP contribution < -0.4 is 10.1 Å². The second-order valence-corrected chi connectivity index (χ2v) is 5.30. The standard InChI is InChI=1S/C14H18FNO4/c1-14(2,8-13(18)19)7-12(17)16-10-6-9(15)4-5-11(10)20-3/h4-6H,7-8H2,1-3H3,(H,16,17)(H,18,19). The molecule has 0 fully saturated rings. The van der Waals surface area contributed by atoms with E-state index >= 15 is 0 Å². The van der Waals surface area contributed by atoms with E-state index in [1.54, 1.807) is 13.8 Å². The fraction of sp³-hybridized carbons (Fsp3) is 0.429. The fourth-order valence-electron chi connectivity index (χ4n) is 1.88. The smallest absolute Gasteiger partial charge is 0.303 e. The molecule has 5 nitrogen and oxygen atoms in total. The van der Waals surface area contributed by atoms with Crippen molar-refractivity contribution in [1.82, 2.24) is 0 Å². The van der Waals surface area contributed by atoms with Crippen LogP contribution >= 0.6 is 0 Å². The lowest BCUT2D eigenvalue weighted by Crippen LogP contribution is -2.25. The van der Waals surface area contributed by atoms with E-state index in [9.17, 15) is 14.0 Å². The van der Waals surface area contributed by atoms with E-state index in [0.29, 0.717) is 5.75 Å². The SMILES string of the molecule is COc1ccc(F)cc1NC(=O)CC(C)(C)CC(=O)O. The average molecular weight is 283 g/mol. The minimum atomic E-state index is -0.967. The van der Waals surface area contributed by atoms with Crippen molar-refractivity contribution < 1.29 is 23.8 Å². The Bertz CT molecular complexity index is 514. The van der Waals surface area contributed by atoms with Gasteiger partial charge in [-0.1, -0.05) is 13.8 Å². The lowest BCUT2D eigenvalue weighted by Gasteiger charge is -2.21. The number of hydrogen-bond acceptors (Lipinski definition) is 3. The van der Waals surface area contributed by atoms with Crippen LogP contribution in [0.2, 0.25) is 0 Å². The Labute approximate surface area is 116 Å². The summed E-state index contributed by atoms with van der Waals surface area (Å²) < 4.78 is 18.2. The van der Waals surface area contributed by atoms with Gasteiger partial charge in [-0.05, 0) is 17.5 Å². The molecule has 0 bridgehead atoms. The third kappa shape index (κ3) is 4.87.